The summed E-state index contributed by atoms with van der Waals surface area (Å²) in [5, 5.41) is 0. The first-order valence-corrected chi connectivity index (χ1v) is 26.5. The van der Waals surface area contributed by atoms with Crippen LogP contribution in [0.2, 0.25) is 0 Å². The van der Waals surface area contributed by atoms with Crippen LogP contribution in [0.25, 0.3) is 0 Å². The lowest BCUT2D eigenvalue weighted by Gasteiger charge is -2.33. The molecule has 0 spiro atoms. The van der Waals surface area contributed by atoms with E-state index in [1.165, 1.54) is 258 Å². The molecule has 1 heterocycles. The van der Waals surface area contributed by atoms with Crippen molar-refractivity contribution in [3.05, 3.63) is 0 Å². The van der Waals surface area contributed by atoms with Gasteiger partial charge in [0.2, 0.25) is 5.91 Å². The Bertz CT molecular complexity index is 796. The Morgan fingerprint density at radius 1 is 0.368 bits per heavy atom. The van der Waals surface area contributed by atoms with Crippen molar-refractivity contribution < 1.29 is 4.79 Å². The van der Waals surface area contributed by atoms with Crippen LogP contribution in [0.3, 0.4) is 0 Å². The van der Waals surface area contributed by atoms with Gasteiger partial charge in [0.15, 0.2) is 0 Å². The van der Waals surface area contributed by atoms with Crippen LogP contribution >= 0.6 is 0 Å². The molecular formula is C52H106N4O. The highest BCUT2D eigenvalue weighted by molar-refractivity contribution is 5.76. The largest absolute Gasteiger partial charge is 0.343 e. The summed E-state index contributed by atoms with van der Waals surface area (Å²) < 4.78 is 0. The van der Waals surface area contributed by atoms with Gasteiger partial charge in [-0.3, -0.25) is 4.79 Å². The van der Waals surface area contributed by atoms with Crippen LogP contribution in [-0.4, -0.2) is 97.5 Å². The Balaban J connectivity index is 2.57. The van der Waals surface area contributed by atoms with Crippen molar-refractivity contribution in [3.8, 4) is 0 Å². The molecule has 0 radical (unpaired) electrons. The molecule has 0 unspecified atom stereocenters. The molecule has 1 fully saturated rings. The molecule has 5 heteroatoms. The lowest BCUT2D eigenvalue weighted by atomic mass is 9.92. The van der Waals surface area contributed by atoms with Crippen molar-refractivity contribution >= 4 is 5.91 Å². The van der Waals surface area contributed by atoms with Gasteiger partial charge in [-0.2, -0.15) is 0 Å². The van der Waals surface area contributed by atoms with Gasteiger partial charge in [0.05, 0.1) is 0 Å². The zero-order valence-electron chi connectivity index (χ0n) is 40.1. The van der Waals surface area contributed by atoms with Gasteiger partial charge < -0.3 is 19.6 Å². The molecule has 0 aromatic heterocycles. The molecule has 340 valence electrons. The van der Waals surface area contributed by atoms with Crippen LogP contribution in [0, 0.1) is 5.92 Å². The predicted octanol–water partition coefficient (Wildman–Crippen LogP) is 14.7. The lowest BCUT2D eigenvalue weighted by Crippen LogP contribution is -2.41. The zero-order chi connectivity index (χ0) is 41.3. The minimum atomic E-state index is 0.421. The molecule has 1 amide bonds. The third-order valence-corrected chi connectivity index (χ3v) is 13.3. The molecular weight excluding hydrogens is 697 g/mol. The third-order valence-electron chi connectivity index (χ3n) is 13.3. The van der Waals surface area contributed by atoms with Crippen LogP contribution in [0.15, 0.2) is 0 Å². The predicted molar refractivity (Wildman–Crippen MR) is 255 cm³/mol. The summed E-state index contributed by atoms with van der Waals surface area (Å²) in [7, 11) is 0. The number of unbranched alkanes of at least 4 members (excludes halogenated alkanes) is 24. The quantitative estimate of drug-likeness (QED) is 0.0574. The van der Waals surface area contributed by atoms with E-state index < -0.39 is 0 Å². The topological polar surface area (TPSA) is 30.0 Å². The molecule has 57 heavy (non-hydrogen) atoms. The van der Waals surface area contributed by atoms with Crippen LogP contribution in [-0.2, 0) is 4.79 Å². The number of rotatable bonds is 44. The van der Waals surface area contributed by atoms with Crippen LogP contribution in [0.4, 0.5) is 0 Å². The molecule has 1 rings (SSSR count). The summed E-state index contributed by atoms with van der Waals surface area (Å²) in [6.07, 6.45) is 45.8. The summed E-state index contributed by atoms with van der Waals surface area (Å²) in [4.78, 5) is 24.1. The van der Waals surface area contributed by atoms with E-state index in [1.807, 2.05) is 0 Å². The number of hydrogen-bond donors (Lipinski definition) is 0. The van der Waals surface area contributed by atoms with Crippen molar-refractivity contribution in [2.45, 2.75) is 253 Å². The highest BCUT2D eigenvalue weighted by Gasteiger charge is 2.23. The van der Waals surface area contributed by atoms with Gasteiger partial charge >= 0.3 is 0 Å². The molecule has 0 bridgehead atoms. The van der Waals surface area contributed by atoms with E-state index >= 15 is 0 Å². The number of carbonyl (C=O) groups excluding carboxylic acids is 1. The fraction of sp³-hybridized carbons (Fsp3) is 0.981. The Morgan fingerprint density at radius 2 is 0.684 bits per heavy atom. The average Bonchev–Trinajstić information content (AvgIpc) is 3.22. The highest BCUT2D eigenvalue weighted by Crippen LogP contribution is 2.23. The van der Waals surface area contributed by atoms with Gasteiger partial charge in [0, 0.05) is 39.1 Å². The van der Waals surface area contributed by atoms with Gasteiger partial charge in [-0.25, -0.2) is 0 Å². The molecule has 1 saturated heterocycles. The van der Waals surface area contributed by atoms with Crippen molar-refractivity contribution in [2.24, 2.45) is 5.92 Å². The second-order valence-electron chi connectivity index (χ2n) is 18.7. The van der Waals surface area contributed by atoms with Crippen molar-refractivity contribution in [2.75, 3.05) is 72.0 Å². The van der Waals surface area contributed by atoms with Crippen LogP contribution < -0.4 is 0 Å². The first kappa shape index (κ1) is 54.4. The molecule has 1 aliphatic rings. The maximum Gasteiger partial charge on any atom is 0.223 e. The highest BCUT2D eigenvalue weighted by atomic mass is 16.2. The summed E-state index contributed by atoms with van der Waals surface area (Å²) in [5.74, 6) is 1.23. The zero-order valence-corrected chi connectivity index (χ0v) is 40.1. The van der Waals surface area contributed by atoms with Gasteiger partial charge in [0.1, 0.15) is 0 Å². The van der Waals surface area contributed by atoms with E-state index in [1.54, 1.807) is 0 Å². The normalized spacial score (nSPS) is 13.9. The van der Waals surface area contributed by atoms with Gasteiger partial charge in [-0.05, 0) is 103 Å². The Hall–Kier alpha value is -0.650. The van der Waals surface area contributed by atoms with E-state index in [0.29, 0.717) is 12.3 Å². The maximum atomic E-state index is 13.6. The Labute approximate surface area is 360 Å². The first-order valence-electron chi connectivity index (χ1n) is 26.5. The standard InChI is InChI=1S/C52H106N4O/c1-6-11-15-19-23-27-31-41-53(40-10-5)45-35-36-51-37-47-56(48-38-51)52(57)39-46-55(44-34-30-26-22-18-14-9-4)50-49-54(42-32-28-24-20-16-12-7-2)43-33-29-25-21-17-13-8-3/h51H,6-50H2,1-5H3. The fourth-order valence-electron chi connectivity index (χ4n) is 9.26. The number of piperidine rings is 1. The molecule has 0 aliphatic carbocycles. The number of likely N-dealkylation sites (tertiary alicyclic amines) is 1. The van der Waals surface area contributed by atoms with E-state index in [0.717, 1.165) is 32.1 Å². The molecule has 0 atom stereocenters. The summed E-state index contributed by atoms with van der Waals surface area (Å²) in [6, 6.07) is 0. The number of carbonyl (C=O) groups is 1. The summed E-state index contributed by atoms with van der Waals surface area (Å²) in [5.41, 5.74) is 0. The number of amides is 1. The van der Waals surface area contributed by atoms with E-state index in [9.17, 15) is 4.79 Å². The Kier molecular flexibility index (Phi) is 40.1. The lowest BCUT2D eigenvalue weighted by molar-refractivity contribution is -0.133. The maximum absolute atomic E-state index is 13.6. The SMILES string of the molecule is CCCCCCCCCN(CCC)CCCC1CCN(C(=O)CCN(CCCCCCCCC)CCN(CCCCCCCCC)CCCCCCCCC)CC1. The molecule has 0 N–H and O–H groups in total. The minimum Gasteiger partial charge on any atom is -0.343 e. The van der Waals surface area contributed by atoms with E-state index in [2.05, 4.69) is 54.2 Å². The second kappa shape index (κ2) is 42.1. The second-order valence-corrected chi connectivity index (χ2v) is 18.7. The smallest absolute Gasteiger partial charge is 0.223 e. The van der Waals surface area contributed by atoms with Crippen molar-refractivity contribution in [1.29, 1.82) is 0 Å². The van der Waals surface area contributed by atoms with Gasteiger partial charge in [0.25, 0.3) is 0 Å². The van der Waals surface area contributed by atoms with E-state index in [4.69, 9.17) is 0 Å². The monoisotopic (exact) mass is 803 g/mol. The van der Waals surface area contributed by atoms with Gasteiger partial charge in [-0.1, -0.05) is 189 Å². The van der Waals surface area contributed by atoms with Crippen LogP contribution in [0.5, 0.6) is 0 Å². The Morgan fingerprint density at radius 3 is 1.05 bits per heavy atom. The molecule has 1 aliphatic heterocycles. The molecule has 0 saturated carbocycles. The number of nitrogens with zero attached hydrogens (tertiary/aromatic N) is 4. The summed E-state index contributed by atoms with van der Waals surface area (Å²) in [6.45, 7) is 24.3. The molecule has 5 nitrogen and oxygen atoms in total. The average molecular weight is 803 g/mol. The minimum absolute atomic E-state index is 0.421. The fourth-order valence-corrected chi connectivity index (χ4v) is 9.26. The first-order chi connectivity index (χ1) is 28.1. The van der Waals surface area contributed by atoms with Crippen LogP contribution in [0.1, 0.15) is 253 Å². The van der Waals surface area contributed by atoms with Gasteiger partial charge in [-0.15, -0.1) is 0 Å². The molecule has 0 aromatic carbocycles. The van der Waals surface area contributed by atoms with E-state index in [-0.39, 0.29) is 0 Å². The summed E-state index contributed by atoms with van der Waals surface area (Å²) >= 11 is 0. The van der Waals surface area contributed by atoms with Crippen molar-refractivity contribution in [1.82, 2.24) is 19.6 Å². The number of hydrogen-bond acceptors (Lipinski definition) is 4. The van der Waals surface area contributed by atoms with Crippen molar-refractivity contribution in [3.63, 3.8) is 0 Å². The third kappa shape index (κ3) is 33.7. The molecule has 0 aromatic rings.